The molecule has 2 aromatic rings. The van der Waals surface area contributed by atoms with Crippen molar-refractivity contribution < 1.29 is 22.7 Å². The van der Waals surface area contributed by atoms with Gasteiger partial charge in [-0.1, -0.05) is 60.7 Å². The maximum Gasteiger partial charge on any atom is 0.247 e. The van der Waals surface area contributed by atoms with Crippen molar-refractivity contribution in [2.24, 2.45) is 0 Å². The fourth-order valence-corrected chi connectivity index (χ4v) is 6.63. The number of fused-ring (bicyclic) bond motifs is 2. The Morgan fingerprint density at radius 2 is 1.82 bits per heavy atom. The molecule has 0 saturated carbocycles. The molecule has 5 rings (SSSR count). The Morgan fingerprint density at radius 1 is 1.11 bits per heavy atom. The number of carbonyl (C=O) groups excluding carboxylic acids is 2. The van der Waals surface area contributed by atoms with Gasteiger partial charge in [-0.05, 0) is 30.0 Å². The largest absolute Gasteiger partial charge is 0.374 e. The molecule has 1 saturated heterocycles. The molecule has 2 amide bonds. The molecule has 0 aliphatic carbocycles. The van der Waals surface area contributed by atoms with Crippen LogP contribution in [-0.2, 0) is 36.4 Å². The van der Waals surface area contributed by atoms with Crippen LogP contribution in [-0.4, -0.2) is 76.3 Å². The zero-order valence-corrected chi connectivity index (χ0v) is 22.3. The first-order valence-corrected chi connectivity index (χ1v) is 14.8. The first-order chi connectivity index (χ1) is 18.3. The minimum Gasteiger partial charge on any atom is -0.374 e. The molecule has 1 unspecified atom stereocenters. The first kappa shape index (κ1) is 26.4. The van der Waals surface area contributed by atoms with Gasteiger partial charge >= 0.3 is 0 Å². The molecule has 0 aromatic heterocycles. The predicted octanol–water partition coefficient (Wildman–Crippen LogP) is 1.56. The van der Waals surface area contributed by atoms with Crippen molar-refractivity contribution in [3.63, 3.8) is 0 Å². The Balaban J connectivity index is 1.27. The van der Waals surface area contributed by atoms with Gasteiger partial charge in [-0.25, -0.2) is 8.42 Å². The van der Waals surface area contributed by atoms with Crippen molar-refractivity contribution in [3.05, 3.63) is 77.9 Å². The molecule has 3 aliphatic rings. The van der Waals surface area contributed by atoms with Gasteiger partial charge in [-0.2, -0.15) is 0 Å². The lowest BCUT2D eigenvalue weighted by Gasteiger charge is -2.41. The summed E-state index contributed by atoms with van der Waals surface area (Å²) < 4.78 is 32.4. The van der Waals surface area contributed by atoms with E-state index >= 15 is 0 Å². The number of sulfonamides is 1. The molecular formula is C28H34N4O5S. The third-order valence-corrected chi connectivity index (χ3v) is 8.83. The number of amides is 2. The lowest BCUT2D eigenvalue weighted by Crippen LogP contribution is -2.57. The number of likely N-dealkylation sites (tertiary alicyclic amines) is 1. The summed E-state index contributed by atoms with van der Waals surface area (Å²) >= 11 is 0. The first-order valence-electron chi connectivity index (χ1n) is 12.9. The fourth-order valence-electron chi connectivity index (χ4n) is 5.64. The van der Waals surface area contributed by atoms with Gasteiger partial charge in [0.1, 0.15) is 12.1 Å². The molecule has 2 atom stereocenters. The summed E-state index contributed by atoms with van der Waals surface area (Å²) in [4.78, 5) is 28.3. The lowest BCUT2D eigenvalue weighted by molar-refractivity contribution is -0.140. The van der Waals surface area contributed by atoms with E-state index in [-0.39, 0.29) is 23.8 Å². The van der Waals surface area contributed by atoms with Crippen molar-refractivity contribution in [3.8, 4) is 0 Å². The van der Waals surface area contributed by atoms with E-state index in [2.05, 4.69) is 10.6 Å². The minimum absolute atomic E-state index is 0.0578. The number of nitrogens with zero attached hydrogens (tertiary/aromatic N) is 2. The van der Waals surface area contributed by atoms with Crippen molar-refractivity contribution >= 4 is 27.5 Å². The summed E-state index contributed by atoms with van der Waals surface area (Å²) in [6.07, 6.45) is 6.19. The number of anilines is 1. The summed E-state index contributed by atoms with van der Waals surface area (Å²) in [5.41, 5.74) is 2.40. The molecule has 3 aliphatic heterocycles. The second-order valence-corrected chi connectivity index (χ2v) is 12.2. The Bertz CT molecular complexity index is 1310. The van der Waals surface area contributed by atoms with Crippen LogP contribution in [0.2, 0.25) is 0 Å². The Labute approximate surface area is 223 Å². The molecule has 1 fully saturated rings. The maximum absolute atomic E-state index is 13.6. The summed E-state index contributed by atoms with van der Waals surface area (Å²) in [6.45, 7) is 2.33. The molecule has 9 nitrogen and oxygen atoms in total. The summed E-state index contributed by atoms with van der Waals surface area (Å²) in [7, 11) is -3.41. The van der Waals surface area contributed by atoms with Gasteiger partial charge in [0.15, 0.2) is 0 Å². The lowest BCUT2D eigenvalue weighted by atomic mass is 9.74. The van der Waals surface area contributed by atoms with Crippen LogP contribution in [0.3, 0.4) is 0 Å². The quantitative estimate of drug-likeness (QED) is 0.494. The summed E-state index contributed by atoms with van der Waals surface area (Å²) in [5, 5.41) is 5.97. The highest BCUT2D eigenvalue weighted by atomic mass is 32.2. The van der Waals surface area contributed by atoms with Gasteiger partial charge in [0.05, 0.1) is 25.2 Å². The van der Waals surface area contributed by atoms with Gasteiger partial charge in [0, 0.05) is 31.6 Å². The van der Waals surface area contributed by atoms with Crippen LogP contribution in [0.4, 0.5) is 5.69 Å². The topological polar surface area (TPSA) is 108 Å². The summed E-state index contributed by atoms with van der Waals surface area (Å²) in [6, 6.07) is 16.0. The number of benzene rings is 2. The highest BCUT2D eigenvalue weighted by Crippen LogP contribution is 2.47. The van der Waals surface area contributed by atoms with Crippen LogP contribution in [0.5, 0.6) is 0 Å². The zero-order chi connectivity index (χ0) is 26.8. The Hall–Kier alpha value is -3.21. The van der Waals surface area contributed by atoms with Crippen LogP contribution in [0.15, 0.2) is 66.7 Å². The number of nitrogens with one attached hydrogen (secondary N) is 2. The zero-order valence-electron chi connectivity index (χ0n) is 21.5. The van der Waals surface area contributed by atoms with E-state index in [4.69, 9.17) is 4.74 Å². The number of piperidine rings is 1. The number of carbonyl (C=O) groups is 2. The van der Waals surface area contributed by atoms with Crippen LogP contribution in [0.25, 0.3) is 0 Å². The molecule has 2 N–H and O–H groups in total. The van der Waals surface area contributed by atoms with Gasteiger partial charge < -0.3 is 15.0 Å². The molecular weight excluding hydrogens is 504 g/mol. The van der Waals surface area contributed by atoms with E-state index in [1.807, 2.05) is 60.7 Å². The predicted molar refractivity (Wildman–Crippen MR) is 145 cm³/mol. The number of hydrogen-bond donors (Lipinski definition) is 2. The Morgan fingerprint density at radius 3 is 2.50 bits per heavy atom. The average molecular weight is 539 g/mol. The standard InChI is InChI=1S/C28H34N4O5S/c1-38(35,36)32-20-28(22-10-5-6-12-25(22)32)13-16-31(17-14-28)27(34)24(30-26(33)23-11-7-15-29-23)19-37-18-21-8-3-2-4-9-21/h2-12,23-24,29H,13-20H2,1H3,(H,30,33)/t23?,24-/m1/s1. The van der Waals surface area contributed by atoms with Crippen LogP contribution in [0, 0.1) is 0 Å². The number of hydrogen-bond acceptors (Lipinski definition) is 6. The molecule has 202 valence electrons. The maximum atomic E-state index is 13.6. The van der Waals surface area contributed by atoms with Crippen molar-refractivity contribution in [2.75, 3.05) is 43.3 Å². The normalized spacial score (nSPS) is 20.9. The van der Waals surface area contributed by atoms with Gasteiger partial charge in [-0.3, -0.25) is 19.2 Å². The van der Waals surface area contributed by atoms with Crippen molar-refractivity contribution in [2.45, 2.75) is 36.9 Å². The molecule has 1 spiro atoms. The molecule has 0 radical (unpaired) electrons. The average Bonchev–Trinajstić information content (AvgIpc) is 3.57. The highest BCUT2D eigenvalue weighted by Gasteiger charge is 2.47. The summed E-state index contributed by atoms with van der Waals surface area (Å²) in [5.74, 6) is -0.447. The van der Waals surface area contributed by atoms with E-state index in [0.29, 0.717) is 45.6 Å². The van der Waals surface area contributed by atoms with Crippen LogP contribution < -0.4 is 14.9 Å². The second-order valence-electron chi connectivity index (χ2n) is 10.3. The molecule has 10 heteroatoms. The monoisotopic (exact) mass is 538 g/mol. The van der Waals surface area contributed by atoms with E-state index in [0.717, 1.165) is 16.8 Å². The van der Waals surface area contributed by atoms with Gasteiger partial charge in [0.2, 0.25) is 21.8 Å². The Kier molecular flexibility index (Phi) is 7.56. The molecule has 3 heterocycles. The SMILES string of the molecule is CS(=O)(=O)N1CC2(CCN(C(=O)[C@@H](COCc3ccccc3)NC(=O)C3C=CCN3)CC2)c2ccccc21. The van der Waals surface area contributed by atoms with E-state index in [1.165, 1.54) is 10.6 Å². The van der Waals surface area contributed by atoms with Crippen LogP contribution in [0.1, 0.15) is 24.0 Å². The van der Waals surface area contributed by atoms with Gasteiger partial charge in [0.25, 0.3) is 0 Å². The second kappa shape index (κ2) is 10.9. The van der Waals surface area contributed by atoms with Gasteiger partial charge in [-0.15, -0.1) is 0 Å². The third-order valence-electron chi connectivity index (χ3n) is 7.70. The van der Waals surface area contributed by atoms with E-state index < -0.39 is 22.1 Å². The van der Waals surface area contributed by atoms with E-state index in [1.54, 1.807) is 11.0 Å². The molecule has 2 aromatic carbocycles. The fraction of sp³-hybridized carbons (Fsp3) is 0.429. The molecule has 38 heavy (non-hydrogen) atoms. The minimum atomic E-state index is -3.41. The molecule has 0 bridgehead atoms. The third kappa shape index (κ3) is 5.48. The van der Waals surface area contributed by atoms with E-state index in [9.17, 15) is 18.0 Å². The number of para-hydroxylation sites is 1. The number of rotatable bonds is 8. The van der Waals surface area contributed by atoms with Crippen molar-refractivity contribution in [1.82, 2.24) is 15.5 Å². The number of ether oxygens (including phenoxy) is 1. The smallest absolute Gasteiger partial charge is 0.247 e. The van der Waals surface area contributed by atoms with Crippen LogP contribution >= 0.6 is 0 Å². The highest BCUT2D eigenvalue weighted by molar-refractivity contribution is 7.92. The van der Waals surface area contributed by atoms with Crippen molar-refractivity contribution in [1.29, 1.82) is 0 Å².